The van der Waals surface area contributed by atoms with Crippen LogP contribution in [-0.4, -0.2) is 30.2 Å². The maximum Gasteiger partial charge on any atom is 0.417 e. The van der Waals surface area contributed by atoms with Crippen LogP contribution in [0.25, 0.3) is 5.69 Å². The first-order valence-corrected chi connectivity index (χ1v) is 13.2. The van der Waals surface area contributed by atoms with E-state index in [9.17, 15) is 31.2 Å². The summed E-state index contributed by atoms with van der Waals surface area (Å²) in [5.41, 5.74) is -1.46. The van der Waals surface area contributed by atoms with Gasteiger partial charge in [-0.15, -0.1) is 0 Å². The van der Waals surface area contributed by atoms with E-state index in [0.29, 0.717) is 21.8 Å². The van der Waals surface area contributed by atoms with Gasteiger partial charge in [0, 0.05) is 7.05 Å². The highest BCUT2D eigenvalue weighted by atomic mass is 35.5. The van der Waals surface area contributed by atoms with Crippen LogP contribution in [0.2, 0.25) is 5.02 Å². The Morgan fingerprint density at radius 2 is 1.59 bits per heavy atom. The molecule has 0 radical (unpaired) electrons. The van der Waals surface area contributed by atoms with Gasteiger partial charge in [0.05, 0.1) is 32.6 Å². The summed E-state index contributed by atoms with van der Waals surface area (Å²) < 4.78 is 71.1. The Hall–Kier alpha value is -4.03. The normalized spacial score (nSPS) is 11.8. The molecule has 0 atom stereocenters. The van der Waals surface area contributed by atoms with Crippen LogP contribution in [0, 0.1) is 6.92 Å². The lowest BCUT2D eigenvalue weighted by Crippen LogP contribution is -2.39. The number of nitrogens with zero attached hydrogens (tertiary/aromatic N) is 3. The summed E-state index contributed by atoms with van der Waals surface area (Å²) in [5, 5.41) is 1.81. The van der Waals surface area contributed by atoms with Crippen LogP contribution in [0.15, 0.2) is 88.6 Å². The number of para-hydroxylation sites is 1. The molecule has 0 aliphatic heterocycles. The van der Waals surface area contributed by atoms with Crippen LogP contribution in [0.4, 0.5) is 24.5 Å². The van der Waals surface area contributed by atoms with Crippen LogP contribution in [-0.2, 0) is 28.0 Å². The predicted octanol–water partition coefficient (Wildman–Crippen LogP) is 4.99. The second-order valence-corrected chi connectivity index (χ2v) is 10.7. The van der Waals surface area contributed by atoms with Crippen molar-refractivity contribution >= 4 is 38.9 Å². The number of carbonyl (C=O) groups excluding carboxylic acids is 1. The van der Waals surface area contributed by atoms with Gasteiger partial charge in [-0.25, -0.2) is 13.1 Å². The molecule has 0 fully saturated rings. The van der Waals surface area contributed by atoms with Crippen molar-refractivity contribution < 1.29 is 26.4 Å². The van der Waals surface area contributed by atoms with Crippen molar-refractivity contribution in [3.8, 4) is 5.69 Å². The number of hydrogen-bond donors (Lipinski definition) is 1. The molecule has 1 amide bonds. The molecule has 4 rings (SSSR count). The lowest BCUT2D eigenvalue weighted by molar-refractivity contribution is -0.137. The number of rotatable bonds is 7. The molecule has 1 N–H and O–H groups in total. The molecule has 0 aliphatic rings. The first-order chi connectivity index (χ1) is 18.3. The van der Waals surface area contributed by atoms with Gasteiger partial charge in [0.1, 0.15) is 12.2 Å². The number of alkyl halides is 3. The average Bonchev–Trinajstić information content (AvgIpc) is 3.11. The lowest BCUT2D eigenvalue weighted by Gasteiger charge is -2.25. The number of amides is 1. The number of hydrogen-bond acceptors (Lipinski definition) is 4. The van der Waals surface area contributed by atoms with E-state index in [2.05, 4.69) is 5.32 Å². The fourth-order valence-corrected chi connectivity index (χ4v) is 5.60. The molecule has 4 aromatic rings. The molecule has 0 saturated heterocycles. The maximum absolute atomic E-state index is 13.6. The van der Waals surface area contributed by atoms with Crippen LogP contribution >= 0.6 is 11.6 Å². The minimum atomic E-state index is -4.87. The Morgan fingerprint density at radius 3 is 2.18 bits per heavy atom. The minimum absolute atomic E-state index is 0.101. The Kier molecular flexibility index (Phi) is 7.62. The molecule has 0 aliphatic carbocycles. The molecular weight excluding hydrogens is 557 g/mol. The minimum Gasteiger partial charge on any atom is -0.318 e. The zero-order chi connectivity index (χ0) is 28.5. The van der Waals surface area contributed by atoms with E-state index < -0.39 is 50.5 Å². The second kappa shape index (κ2) is 10.6. The van der Waals surface area contributed by atoms with E-state index in [-0.39, 0.29) is 10.6 Å². The average molecular weight is 579 g/mol. The fraction of sp³-hybridized carbons (Fsp3) is 0.154. The molecule has 39 heavy (non-hydrogen) atoms. The van der Waals surface area contributed by atoms with Gasteiger partial charge in [0.15, 0.2) is 0 Å². The number of carbonyl (C=O) groups is 1. The van der Waals surface area contributed by atoms with Gasteiger partial charge in [0.25, 0.3) is 15.6 Å². The first kappa shape index (κ1) is 28.0. The lowest BCUT2D eigenvalue weighted by atomic mass is 10.2. The van der Waals surface area contributed by atoms with E-state index in [1.165, 1.54) is 33.6 Å². The highest BCUT2D eigenvalue weighted by Gasteiger charge is 2.35. The van der Waals surface area contributed by atoms with E-state index >= 15 is 0 Å². The molecule has 3 aromatic carbocycles. The van der Waals surface area contributed by atoms with Crippen LogP contribution in [0.1, 0.15) is 11.3 Å². The maximum atomic E-state index is 13.6. The third-order valence-electron chi connectivity index (χ3n) is 5.98. The van der Waals surface area contributed by atoms with Crippen LogP contribution in [0.3, 0.4) is 0 Å². The number of halogens is 4. The first-order valence-electron chi connectivity index (χ1n) is 11.4. The molecule has 1 aromatic heterocycles. The smallest absolute Gasteiger partial charge is 0.318 e. The number of nitrogens with one attached hydrogen (secondary N) is 1. The summed E-state index contributed by atoms with van der Waals surface area (Å²) in [6, 6.07) is 18.1. The van der Waals surface area contributed by atoms with E-state index in [4.69, 9.17) is 11.6 Å². The van der Waals surface area contributed by atoms with Crippen LogP contribution in [0.5, 0.6) is 0 Å². The summed E-state index contributed by atoms with van der Waals surface area (Å²) in [7, 11) is -2.90. The third-order valence-corrected chi connectivity index (χ3v) is 8.10. The molecule has 1 heterocycles. The zero-order valence-corrected chi connectivity index (χ0v) is 22.2. The highest BCUT2D eigenvalue weighted by Crippen LogP contribution is 2.38. The van der Waals surface area contributed by atoms with Crippen LogP contribution < -0.4 is 15.2 Å². The molecule has 0 bridgehead atoms. The van der Waals surface area contributed by atoms with E-state index in [1.807, 2.05) is 0 Å². The molecule has 204 valence electrons. The highest BCUT2D eigenvalue weighted by molar-refractivity contribution is 7.92. The SMILES string of the molecule is Cc1c(NC(=O)CN(c2ccc(Cl)c(C(F)(F)F)c2)S(=O)(=O)c2ccccc2)c(=O)n(-c2ccccc2)n1C. The molecule has 8 nitrogen and oxygen atoms in total. The summed E-state index contributed by atoms with van der Waals surface area (Å²) >= 11 is 5.73. The molecule has 0 unspecified atom stereocenters. The van der Waals surface area contributed by atoms with Crippen molar-refractivity contribution in [2.24, 2.45) is 7.05 Å². The fourth-order valence-electron chi connectivity index (χ4n) is 3.94. The summed E-state index contributed by atoms with van der Waals surface area (Å²) in [6.45, 7) is 0.666. The van der Waals surface area contributed by atoms with Gasteiger partial charge in [-0.2, -0.15) is 13.2 Å². The van der Waals surface area contributed by atoms with Crippen molar-refractivity contribution in [2.45, 2.75) is 18.0 Å². The number of benzene rings is 3. The Bertz CT molecular complexity index is 1690. The number of aromatic nitrogens is 2. The largest absolute Gasteiger partial charge is 0.417 e. The Labute approximate surface area is 226 Å². The van der Waals surface area contributed by atoms with Crippen molar-refractivity contribution in [2.75, 3.05) is 16.2 Å². The topological polar surface area (TPSA) is 93.4 Å². The standard InChI is InChI=1S/C26H22ClF3N4O4S/c1-17-24(25(36)34(32(17)2)18-9-5-3-6-10-18)31-23(35)16-33(39(37,38)20-11-7-4-8-12-20)19-13-14-22(27)21(15-19)26(28,29)30/h3-15H,16H2,1-2H3,(H,31,35). The van der Waals surface area contributed by atoms with Crippen molar-refractivity contribution in [3.63, 3.8) is 0 Å². The summed E-state index contributed by atoms with van der Waals surface area (Å²) in [6.07, 6.45) is -4.87. The van der Waals surface area contributed by atoms with Crippen molar-refractivity contribution in [1.82, 2.24) is 9.36 Å². The van der Waals surface area contributed by atoms with Gasteiger partial charge in [-0.3, -0.25) is 18.6 Å². The zero-order valence-electron chi connectivity index (χ0n) is 20.6. The second-order valence-electron chi connectivity index (χ2n) is 8.47. The Balaban J connectivity index is 1.75. The molecule has 0 spiro atoms. The molecule has 13 heteroatoms. The van der Waals surface area contributed by atoms with Gasteiger partial charge < -0.3 is 5.32 Å². The van der Waals surface area contributed by atoms with E-state index in [1.54, 1.807) is 50.4 Å². The summed E-state index contributed by atoms with van der Waals surface area (Å²) in [4.78, 5) is 26.1. The van der Waals surface area contributed by atoms with Gasteiger partial charge in [-0.05, 0) is 49.4 Å². The quantitative estimate of drug-likeness (QED) is 0.334. The monoisotopic (exact) mass is 578 g/mol. The number of sulfonamides is 1. The summed E-state index contributed by atoms with van der Waals surface area (Å²) in [5.74, 6) is -0.941. The third kappa shape index (κ3) is 5.57. The van der Waals surface area contributed by atoms with Gasteiger partial charge >= 0.3 is 6.18 Å². The van der Waals surface area contributed by atoms with Crippen molar-refractivity contribution in [3.05, 3.63) is 105 Å². The molecular formula is C26H22ClF3N4O4S. The predicted molar refractivity (Wildman–Crippen MR) is 142 cm³/mol. The van der Waals surface area contributed by atoms with Gasteiger partial charge in [-0.1, -0.05) is 48.0 Å². The van der Waals surface area contributed by atoms with Gasteiger partial charge in [0.2, 0.25) is 5.91 Å². The number of anilines is 2. The molecule has 0 saturated carbocycles. The van der Waals surface area contributed by atoms with Crippen molar-refractivity contribution in [1.29, 1.82) is 0 Å². The Morgan fingerprint density at radius 1 is 1.00 bits per heavy atom. The van der Waals surface area contributed by atoms with E-state index in [0.717, 1.165) is 12.1 Å².